The number of halogens is 4. The maximum Gasteiger partial charge on any atom is 0.512 e. The van der Waals surface area contributed by atoms with E-state index < -0.39 is 23.8 Å². The zero-order valence-electron chi connectivity index (χ0n) is 6.31. The van der Waals surface area contributed by atoms with Crippen LogP contribution in [0.1, 0.15) is 10.4 Å². The van der Waals surface area contributed by atoms with E-state index in [0.29, 0.717) is 6.07 Å². The molecule has 0 bridgehead atoms. The maximum atomic E-state index is 12.8. The van der Waals surface area contributed by atoms with Crippen LogP contribution >= 0.6 is 0 Å². The smallest absolute Gasteiger partial charge is 0.445 e. The molecule has 13 heavy (non-hydrogen) atoms. The number of benzene rings is 1. The predicted molar refractivity (Wildman–Crippen MR) is 40.5 cm³/mol. The van der Waals surface area contributed by atoms with Crippen molar-refractivity contribution in [2.24, 2.45) is 0 Å². The highest BCUT2D eigenvalue weighted by Gasteiger charge is 2.29. The topological polar surface area (TPSA) is 17.1 Å². The van der Waals surface area contributed by atoms with Gasteiger partial charge in [-0.2, -0.15) is 0 Å². The lowest BCUT2D eigenvalue weighted by molar-refractivity contribution is 0.112. The molecule has 0 heterocycles. The first-order valence-corrected chi connectivity index (χ1v) is 3.40. The van der Waals surface area contributed by atoms with E-state index in [1.54, 1.807) is 0 Å². The summed E-state index contributed by atoms with van der Waals surface area (Å²) >= 11 is 0. The second-order valence-corrected chi connectivity index (χ2v) is 2.44. The number of hydrogen-bond acceptors (Lipinski definition) is 1. The van der Waals surface area contributed by atoms with Crippen molar-refractivity contribution in [3.05, 3.63) is 29.6 Å². The van der Waals surface area contributed by atoms with E-state index in [4.69, 9.17) is 0 Å². The lowest BCUT2D eigenvalue weighted by Gasteiger charge is -2.15. The fourth-order valence-corrected chi connectivity index (χ4v) is 0.912. The first-order valence-electron chi connectivity index (χ1n) is 3.40. The Kier molecular flexibility index (Phi) is 2.40. The Morgan fingerprint density at radius 2 is 1.85 bits per heavy atom. The van der Waals surface area contributed by atoms with E-state index in [0.717, 1.165) is 12.1 Å². The third kappa shape index (κ3) is 1.88. The molecule has 1 rings (SSSR count). The molecule has 0 fully saturated rings. The van der Waals surface area contributed by atoms with Crippen molar-refractivity contribution < 1.29 is 22.1 Å². The number of carbonyl (C=O) groups is 1. The van der Waals surface area contributed by atoms with Crippen LogP contribution in [0, 0.1) is 5.82 Å². The molecule has 0 aliphatic carbocycles. The summed E-state index contributed by atoms with van der Waals surface area (Å²) < 4.78 is 49.0. The van der Waals surface area contributed by atoms with Crippen LogP contribution in [0.2, 0.25) is 0 Å². The first-order chi connectivity index (χ1) is 5.96. The summed E-state index contributed by atoms with van der Waals surface area (Å²) in [6.45, 7) is -5.39. The Morgan fingerprint density at radius 3 is 2.31 bits per heavy atom. The fraction of sp³-hybridized carbons (Fsp3) is 0. The molecule has 1 nitrogen and oxygen atoms in total. The summed E-state index contributed by atoms with van der Waals surface area (Å²) in [5.41, 5.74) is -1.93. The first kappa shape index (κ1) is 9.76. The molecule has 0 aromatic heterocycles. The second-order valence-electron chi connectivity index (χ2n) is 2.44. The van der Waals surface area contributed by atoms with Gasteiger partial charge in [-0.15, -0.1) is 0 Å². The molecule has 70 valence electrons. The minimum absolute atomic E-state index is 0.0562. The third-order valence-corrected chi connectivity index (χ3v) is 1.54. The summed E-state index contributed by atoms with van der Waals surface area (Å²) in [6.07, 6.45) is 0.0562. The highest BCUT2D eigenvalue weighted by Crippen LogP contribution is 2.13. The van der Waals surface area contributed by atoms with Gasteiger partial charge in [0, 0.05) is 5.56 Å². The van der Waals surface area contributed by atoms with Crippen LogP contribution in [0.5, 0.6) is 0 Å². The van der Waals surface area contributed by atoms with Crippen LogP contribution in [0.3, 0.4) is 0 Å². The Labute approximate surface area is 71.4 Å². The van der Waals surface area contributed by atoms with Crippen molar-refractivity contribution in [2.45, 2.75) is 0 Å². The molecule has 0 unspecified atom stereocenters. The standard InChI is InChI=1S/C7H4BF4O/c9-7-5(4-13)2-1-3-6(7)8(10,11)12/h1-4H/q-1. The van der Waals surface area contributed by atoms with Crippen molar-refractivity contribution in [2.75, 3.05) is 0 Å². The number of aldehydes is 1. The molecular weight excluding hydrogens is 187 g/mol. The van der Waals surface area contributed by atoms with E-state index in [1.165, 1.54) is 0 Å². The van der Waals surface area contributed by atoms with Crippen molar-refractivity contribution >= 4 is 18.7 Å². The van der Waals surface area contributed by atoms with Crippen molar-refractivity contribution in [1.82, 2.24) is 0 Å². The lowest BCUT2D eigenvalue weighted by Crippen LogP contribution is -2.37. The van der Waals surface area contributed by atoms with Gasteiger partial charge in [0.1, 0.15) is 5.82 Å². The van der Waals surface area contributed by atoms with Crippen LogP contribution in [0.25, 0.3) is 0 Å². The molecule has 0 saturated carbocycles. The highest BCUT2D eigenvalue weighted by atomic mass is 19.4. The number of hydrogen-bond donors (Lipinski definition) is 0. The van der Waals surface area contributed by atoms with Gasteiger partial charge >= 0.3 is 6.98 Å². The van der Waals surface area contributed by atoms with E-state index in [-0.39, 0.29) is 6.29 Å². The van der Waals surface area contributed by atoms with E-state index in [1.807, 2.05) is 0 Å². The highest BCUT2D eigenvalue weighted by molar-refractivity contribution is 6.73. The predicted octanol–water partition coefficient (Wildman–Crippen LogP) is 1.69. The summed E-state index contributed by atoms with van der Waals surface area (Å²) in [5, 5.41) is 0. The van der Waals surface area contributed by atoms with Gasteiger partial charge in [-0.3, -0.25) is 4.79 Å². The number of rotatable bonds is 2. The molecule has 0 amide bonds. The summed E-state index contributed by atoms with van der Waals surface area (Å²) in [6, 6.07) is 2.60. The van der Waals surface area contributed by atoms with E-state index in [9.17, 15) is 22.1 Å². The minimum atomic E-state index is -5.39. The van der Waals surface area contributed by atoms with Crippen LogP contribution < -0.4 is 5.46 Å². The monoisotopic (exact) mass is 191 g/mol. The average molecular weight is 191 g/mol. The molecule has 0 atom stereocenters. The molecule has 0 saturated heterocycles. The Hall–Kier alpha value is -1.33. The number of carbonyl (C=O) groups excluding carboxylic acids is 1. The third-order valence-electron chi connectivity index (χ3n) is 1.54. The van der Waals surface area contributed by atoms with E-state index in [2.05, 4.69) is 0 Å². The second kappa shape index (κ2) is 3.20. The van der Waals surface area contributed by atoms with Crippen molar-refractivity contribution in [3.63, 3.8) is 0 Å². The lowest BCUT2D eigenvalue weighted by atomic mass is 9.79. The Bertz CT molecular complexity index is 334. The summed E-state index contributed by atoms with van der Waals surface area (Å²) in [5.74, 6) is -1.50. The molecule has 6 heteroatoms. The quantitative estimate of drug-likeness (QED) is 0.394. The van der Waals surface area contributed by atoms with Gasteiger partial charge < -0.3 is 12.9 Å². The molecule has 1 aromatic rings. The van der Waals surface area contributed by atoms with Gasteiger partial charge in [0.15, 0.2) is 6.29 Å². The van der Waals surface area contributed by atoms with Crippen LogP contribution in [0.4, 0.5) is 17.3 Å². The maximum absolute atomic E-state index is 12.8. The van der Waals surface area contributed by atoms with Crippen molar-refractivity contribution in [1.29, 1.82) is 0 Å². The normalized spacial score (nSPS) is 11.4. The van der Waals surface area contributed by atoms with Crippen molar-refractivity contribution in [3.8, 4) is 0 Å². The largest absolute Gasteiger partial charge is 0.512 e. The zero-order valence-corrected chi connectivity index (χ0v) is 6.31. The average Bonchev–Trinajstić information content (AvgIpc) is 2.02. The Morgan fingerprint density at radius 1 is 1.23 bits per heavy atom. The van der Waals surface area contributed by atoms with Gasteiger partial charge in [0.2, 0.25) is 0 Å². The van der Waals surface area contributed by atoms with Gasteiger partial charge in [0.05, 0.1) is 0 Å². The van der Waals surface area contributed by atoms with Crippen LogP contribution in [-0.2, 0) is 0 Å². The molecule has 1 aromatic carbocycles. The zero-order chi connectivity index (χ0) is 10.1. The fourth-order valence-electron chi connectivity index (χ4n) is 0.912. The van der Waals surface area contributed by atoms with Crippen LogP contribution in [0.15, 0.2) is 18.2 Å². The minimum Gasteiger partial charge on any atom is -0.445 e. The molecule has 0 N–H and O–H groups in total. The van der Waals surface area contributed by atoms with Gasteiger partial charge in [-0.1, -0.05) is 17.6 Å². The molecule has 0 aliphatic heterocycles. The summed E-state index contributed by atoms with van der Waals surface area (Å²) in [7, 11) is 0. The van der Waals surface area contributed by atoms with Gasteiger partial charge in [-0.25, -0.2) is 4.39 Å². The molecule has 0 radical (unpaired) electrons. The molecular formula is C7H4BF4O-. The SMILES string of the molecule is O=Cc1cccc([B-](F)(F)F)c1F. The van der Waals surface area contributed by atoms with Crippen LogP contribution in [-0.4, -0.2) is 13.3 Å². The summed E-state index contributed by atoms with van der Waals surface area (Å²) in [4.78, 5) is 10.1. The Balaban J connectivity index is 3.32. The van der Waals surface area contributed by atoms with Gasteiger partial charge in [-0.05, 0) is 6.07 Å². The van der Waals surface area contributed by atoms with Gasteiger partial charge in [0.25, 0.3) is 0 Å². The molecule has 0 aliphatic rings. The van der Waals surface area contributed by atoms with E-state index >= 15 is 0 Å². The molecule has 0 spiro atoms.